The SMILES string of the molecule is O=C1CCCN1CCCC(=O)N1CCC(C(=O)N2CCc3ccccc3C2)CC1. The molecule has 0 unspecified atom stereocenters. The van der Waals surface area contributed by atoms with Crippen molar-refractivity contribution < 1.29 is 14.4 Å². The lowest BCUT2D eigenvalue weighted by Gasteiger charge is -2.36. The van der Waals surface area contributed by atoms with Crippen LogP contribution in [0.3, 0.4) is 0 Å². The van der Waals surface area contributed by atoms with Gasteiger partial charge in [-0.15, -0.1) is 0 Å². The first kappa shape index (κ1) is 19.9. The molecule has 1 aromatic rings. The van der Waals surface area contributed by atoms with Crippen LogP contribution < -0.4 is 0 Å². The Morgan fingerprint density at radius 3 is 2.41 bits per heavy atom. The monoisotopic (exact) mass is 397 g/mol. The van der Waals surface area contributed by atoms with E-state index in [1.54, 1.807) is 0 Å². The summed E-state index contributed by atoms with van der Waals surface area (Å²) in [5.74, 6) is 0.664. The lowest BCUT2D eigenvalue weighted by atomic mass is 9.93. The van der Waals surface area contributed by atoms with Gasteiger partial charge in [0, 0.05) is 58.0 Å². The summed E-state index contributed by atoms with van der Waals surface area (Å²) >= 11 is 0. The minimum atomic E-state index is 0.0338. The maximum Gasteiger partial charge on any atom is 0.226 e. The number of carbonyl (C=O) groups is 3. The molecule has 29 heavy (non-hydrogen) atoms. The molecule has 156 valence electrons. The van der Waals surface area contributed by atoms with Crippen LogP contribution in [-0.2, 0) is 27.3 Å². The molecule has 4 rings (SSSR count). The van der Waals surface area contributed by atoms with Crippen LogP contribution in [0.25, 0.3) is 0 Å². The van der Waals surface area contributed by atoms with E-state index in [1.807, 2.05) is 20.8 Å². The quantitative estimate of drug-likeness (QED) is 0.765. The summed E-state index contributed by atoms with van der Waals surface area (Å²) in [6.45, 7) is 4.37. The van der Waals surface area contributed by atoms with Gasteiger partial charge >= 0.3 is 0 Å². The van der Waals surface area contributed by atoms with E-state index in [0.717, 1.165) is 45.2 Å². The predicted molar refractivity (Wildman–Crippen MR) is 110 cm³/mol. The van der Waals surface area contributed by atoms with Crippen LogP contribution >= 0.6 is 0 Å². The molecule has 3 aliphatic rings. The van der Waals surface area contributed by atoms with Gasteiger partial charge in [0.1, 0.15) is 0 Å². The molecule has 2 saturated heterocycles. The van der Waals surface area contributed by atoms with E-state index in [4.69, 9.17) is 0 Å². The number of amides is 3. The summed E-state index contributed by atoms with van der Waals surface area (Å²) in [6.07, 6.45) is 5.26. The maximum atomic E-state index is 13.0. The molecule has 3 heterocycles. The number of benzene rings is 1. The van der Waals surface area contributed by atoms with Gasteiger partial charge in [0.2, 0.25) is 17.7 Å². The summed E-state index contributed by atoms with van der Waals surface area (Å²) < 4.78 is 0. The molecule has 3 amide bonds. The Morgan fingerprint density at radius 2 is 1.69 bits per heavy atom. The fourth-order valence-electron chi connectivity index (χ4n) is 4.84. The molecule has 0 aromatic heterocycles. The number of hydrogen-bond acceptors (Lipinski definition) is 3. The van der Waals surface area contributed by atoms with Gasteiger partial charge in [-0.3, -0.25) is 14.4 Å². The second kappa shape index (κ2) is 8.97. The molecule has 2 fully saturated rings. The third-order valence-corrected chi connectivity index (χ3v) is 6.63. The molecule has 6 nitrogen and oxygen atoms in total. The van der Waals surface area contributed by atoms with Gasteiger partial charge in [0.25, 0.3) is 0 Å². The van der Waals surface area contributed by atoms with Crippen LogP contribution in [0, 0.1) is 5.92 Å². The first-order valence-corrected chi connectivity index (χ1v) is 11.0. The number of nitrogens with zero attached hydrogens (tertiary/aromatic N) is 3. The number of hydrogen-bond donors (Lipinski definition) is 0. The summed E-state index contributed by atoms with van der Waals surface area (Å²) in [7, 11) is 0. The summed E-state index contributed by atoms with van der Waals surface area (Å²) in [5.41, 5.74) is 2.61. The number of likely N-dealkylation sites (tertiary alicyclic amines) is 2. The van der Waals surface area contributed by atoms with Crippen molar-refractivity contribution in [3.8, 4) is 0 Å². The van der Waals surface area contributed by atoms with Crippen molar-refractivity contribution in [2.24, 2.45) is 5.92 Å². The Kier molecular flexibility index (Phi) is 6.16. The van der Waals surface area contributed by atoms with Crippen LogP contribution in [0.15, 0.2) is 24.3 Å². The highest BCUT2D eigenvalue weighted by Gasteiger charge is 2.31. The minimum Gasteiger partial charge on any atom is -0.343 e. The minimum absolute atomic E-state index is 0.0338. The number of piperidine rings is 1. The van der Waals surface area contributed by atoms with Crippen molar-refractivity contribution in [2.45, 2.75) is 51.5 Å². The number of carbonyl (C=O) groups excluding carboxylic acids is 3. The van der Waals surface area contributed by atoms with Gasteiger partial charge in [-0.2, -0.15) is 0 Å². The molecule has 6 heteroatoms. The van der Waals surface area contributed by atoms with Gasteiger partial charge in [-0.1, -0.05) is 24.3 Å². The Morgan fingerprint density at radius 1 is 0.931 bits per heavy atom. The molecule has 0 atom stereocenters. The maximum absolute atomic E-state index is 13.0. The van der Waals surface area contributed by atoms with Gasteiger partial charge in [-0.05, 0) is 43.2 Å². The van der Waals surface area contributed by atoms with E-state index in [9.17, 15) is 14.4 Å². The average molecular weight is 398 g/mol. The molecule has 0 spiro atoms. The van der Waals surface area contributed by atoms with Gasteiger partial charge in [0.05, 0.1) is 0 Å². The zero-order chi connectivity index (χ0) is 20.2. The van der Waals surface area contributed by atoms with E-state index in [2.05, 4.69) is 18.2 Å². The first-order chi connectivity index (χ1) is 14.1. The molecule has 0 radical (unpaired) electrons. The standard InChI is InChI=1S/C23H31N3O3/c27-21-7-3-12-24(21)13-4-8-22(28)25-14-10-19(11-15-25)23(29)26-16-9-18-5-1-2-6-20(18)17-26/h1-2,5-6,19H,3-4,7-17H2. The fourth-order valence-corrected chi connectivity index (χ4v) is 4.84. The summed E-state index contributed by atoms with van der Waals surface area (Å²) in [5, 5.41) is 0. The third-order valence-electron chi connectivity index (χ3n) is 6.63. The second-order valence-corrected chi connectivity index (χ2v) is 8.52. The van der Waals surface area contributed by atoms with E-state index in [-0.39, 0.29) is 23.6 Å². The van der Waals surface area contributed by atoms with Gasteiger partial charge in [-0.25, -0.2) is 0 Å². The molecule has 0 saturated carbocycles. The molecule has 0 aliphatic carbocycles. The van der Waals surface area contributed by atoms with Crippen LogP contribution in [0.4, 0.5) is 0 Å². The highest BCUT2D eigenvalue weighted by atomic mass is 16.2. The number of rotatable bonds is 5. The molecule has 3 aliphatic heterocycles. The molecule has 1 aromatic carbocycles. The van der Waals surface area contributed by atoms with Gasteiger partial charge < -0.3 is 14.7 Å². The van der Waals surface area contributed by atoms with Crippen LogP contribution in [0.5, 0.6) is 0 Å². The highest BCUT2D eigenvalue weighted by molar-refractivity contribution is 5.81. The van der Waals surface area contributed by atoms with Crippen molar-refractivity contribution in [3.63, 3.8) is 0 Å². The summed E-state index contributed by atoms with van der Waals surface area (Å²) in [6, 6.07) is 8.37. The highest BCUT2D eigenvalue weighted by Crippen LogP contribution is 2.25. The van der Waals surface area contributed by atoms with Crippen molar-refractivity contribution in [1.29, 1.82) is 0 Å². The topological polar surface area (TPSA) is 60.9 Å². The van der Waals surface area contributed by atoms with Crippen LogP contribution in [-0.4, -0.2) is 65.1 Å². The first-order valence-electron chi connectivity index (χ1n) is 11.0. The lowest BCUT2D eigenvalue weighted by Crippen LogP contribution is -2.45. The Labute approximate surface area is 172 Å². The molecular weight excluding hydrogens is 366 g/mol. The third kappa shape index (κ3) is 4.62. The largest absolute Gasteiger partial charge is 0.343 e. The Bertz CT molecular complexity index is 770. The normalized spacial score (nSPS) is 20.1. The van der Waals surface area contributed by atoms with E-state index < -0.39 is 0 Å². The zero-order valence-electron chi connectivity index (χ0n) is 17.1. The van der Waals surface area contributed by atoms with Crippen molar-refractivity contribution >= 4 is 17.7 Å². The Hall–Kier alpha value is -2.37. The fraction of sp³-hybridized carbons (Fsp3) is 0.609. The van der Waals surface area contributed by atoms with Crippen LogP contribution in [0.2, 0.25) is 0 Å². The van der Waals surface area contributed by atoms with E-state index in [1.165, 1.54) is 11.1 Å². The lowest BCUT2D eigenvalue weighted by molar-refractivity contribution is -0.141. The van der Waals surface area contributed by atoms with Crippen LogP contribution in [0.1, 0.15) is 49.7 Å². The smallest absolute Gasteiger partial charge is 0.226 e. The van der Waals surface area contributed by atoms with Crippen molar-refractivity contribution in [3.05, 3.63) is 35.4 Å². The molecular formula is C23H31N3O3. The molecule has 0 N–H and O–H groups in total. The van der Waals surface area contributed by atoms with E-state index in [0.29, 0.717) is 39.0 Å². The predicted octanol–water partition coefficient (Wildman–Crippen LogP) is 2.21. The number of fused-ring (bicyclic) bond motifs is 1. The van der Waals surface area contributed by atoms with Gasteiger partial charge in [0.15, 0.2) is 0 Å². The summed E-state index contributed by atoms with van der Waals surface area (Å²) in [4.78, 5) is 42.9. The molecule has 0 bridgehead atoms. The van der Waals surface area contributed by atoms with Crippen molar-refractivity contribution in [2.75, 3.05) is 32.7 Å². The van der Waals surface area contributed by atoms with Crippen molar-refractivity contribution in [1.82, 2.24) is 14.7 Å². The average Bonchev–Trinajstić information content (AvgIpc) is 3.17. The zero-order valence-corrected chi connectivity index (χ0v) is 17.1. The second-order valence-electron chi connectivity index (χ2n) is 8.52. The Balaban J connectivity index is 1.20. The van der Waals surface area contributed by atoms with E-state index >= 15 is 0 Å².